The lowest BCUT2D eigenvalue weighted by molar-refractivity contribution is -0.0799. The van der Waals surface area contributed by atoms with E-state index in [1.807, 2.05) is 0 Å². The van der Waals surface area contributed by atoms with Gasteiger partial charge in [0.25, 0.3) is 11.8 Å². The number of nitrogens with zero attached hydrogens (tertiary/aromatic N) is 3. The number of anilines is 2. The lowest BCUT2D eigenvalue weighted by Crippen LogP contribution is -2.45. The van der Waals surface area contributed by atoms with Crippen molar-refractivity contribution in [2.45, 2.75) is 74.9 Å². The van der Waals surface area contributed by atoms with E-state index in [0.29, 0.717) is 0 Å². The van der Waals surface area contributed by atoms with Crippen molar-refractivity contribution in [1.82, 2.24) is 15.0 Å². The third-order valence-corrected chi connectivity index (χ3v) is 4.89. The quantitative estimate of drug-likeness (QED) is 0.647. The Balaban J connectivity index is 1.64. The molecule has 0 aliphatic heterocycles. The Morgan fingerprint density at radius 2 is 1.46 bits per heavy atom. The van der Waals surface area contributed by atoms with E-state index in [1.54, 1.807) is 0 Å². The summed E-state index contributed by atoms with van der Waals surface area (Å²) in [7, 11) is 0. The molecule has 0 radical (unpaired) electrons. The number of hydrogen-bond donors (Lipinski definition) is 3. The number of halogens is 5. The van der Waals surface area contributed by atoms with Crippen molar-refractivity contribution >= 4 is 17.5 Å². The highest BCUT2D eigenvalue weighted by Gasteiger charge is 2.46. The molecule has 3 N–H and O–H groups in total. The highest BCUT2D eigenvalue weighted by atomic mass is 19.3. The van der Waals surface area contributed by atoms with Crippen LogP contribution in [0.25, 0.3) is 5.57 Å². The van der Waals surface area contributed by atoms with Gasteiger partial charge in [-0.05, 0) is 19.2 Å². The molecule has 3 aliphatic carbocycles. The van der Waals surface area contributed by atoms with Crippen LogP contribution in [0.3, 0.4) is 0 Å². The zero-order chi connectivity index (χ0) is 22.8. The average molecular weight is 408 g/mol. The lowest BCUT2D eigenvalue weighted by Gasteiger charge is -2.36. The number of hydrogen-bond acceptors (Lipinski definition) is 6. The Kier molecular flexibility index (Phi) is 3.84. The fourth-order valence-electron chi connectivity index (χ4n) is 3.38. The second-order valence-electron chi connectivity index (χ2n) is 7.34. The highest BCUT2D eigenvalue weighted by molar-refractivity contribution is 5.65. The Hall–Kier alpha value is -2.04. The van der Waals surface area contributed by atoms with E-state index in [1.165, 1.54) is 0 Å². The Morgan fingerprint density at radius 3 is 1.93 bits per heavy atom. The number of aliphatic hydroxyl groups is 1. The molecule has 11 heteroatoms. The minimum atomic E-state index is -3.17. The van der Waals surface area contributed by atoms with Crippen LogP contribution in [0.4, 0.5) is 33.8 Å². The first-order valence-electron chi connectivity index (χ1n) is 10.3. The number of rotatable bonds is 5. The maximum absolute atomic E-state index is 14.8. The molecular formula is C17H20F5N5O. The van der Waals surface area contributed by atoms with E-state index in [-0.39, 0.29) is 29.7 Å². The van der Waals surface area contributed by atoms with Crippen molar-refractivity contribution in [2.75, 3.05) is 10.6 Å². The molecule has 6 nitrogen and oxygen atoms in total. The number of nitrogens with one attached hydrogen (secondary N) is 2. The summed E-state index contributed by atoms with van der Waals surface area (Å²) in [4.78, 5) is 12.0. The van der Waals surface area contributed by atoms with Gasteiger partial charge in [-0.25, -0.2) is 22.0 Å². The van der Waals surface area contributed by atoms with E-state index < -0.39 is 74.3 Å². The minimum absolute atomic E-state index is 0.193. The van der Waals surface area contributed by atoms with E-state index >= 15 is 0 Å². The first kappa shape index (κ1) is 15.8. The van der Waals surface area contributed by atoms with Gasteiger partial charge in [-0.2, -0.15) is 15.0 Å². The van der Waals surface area contributed by atoms with Crippen LogP contribution in [0.15, 0.2) is 5.83 Å². The van der Waals surface area contributed by atoms with Gasteiger partial charge in [0.15, 0.2) is 5.82 Å². The van der Waals surface area contributed by atoms with Crippen molar-refractivity contribution in [3.63, 3.8) is 0 Å². The zero-order valence-corrected chi connectivity index (χ0v) is 14.6. The predicted octanol–water partition coefficient (Wildman–Crippen LogP) is 3.52. The van der Waals surface area contributed by atoms with Crippen LogP contribution in [0, 0.1) is 0 Å². The monoisotopic (exact) mass is 408 g/mol. The highest BCUT2D eigenvalue weighted by Crippen LogP contribution is 2.40. The summed E-state index contributed by atoms with van der Waals surface area (Å²) in [5.41, 5.74) is -0.334. The molecule has 2 saturated carbocycles. The Labute approximate surface area is 161 Å². The van der Waals surface area contributed by atoms with Gasteiger partial charge in [0.05, 0.1) is 1.37 Å². The smallest absolute Gasteiger partial charge is 0.252 e. The molecule has 0 aromatic carbocycles. The normalized spacial score (nSPS) is 33.1. The molecule has 0 unspecified atom stereocenters. The summed E-state index contributed by atoms with van der Waals surface area (Å²) in [5.74, 6) is -7.84. The molecule has 0 spiro atoms. The van der Waals surface area contributed by atoms with E-state index in [0.717, 1.165) is 0 Å². The maximum atomic E-state index is 14.8. The first-order valence-corrected chi connectivity index (χ1v) is 8.84. The van der Waals surface area contributed by atoms with Crippen LogP contribution in [0.2, 0.25) is 0 Å². The number of allylic oxidation sites excluding steroid dienone is 1. The van der Waals surface area contributed by atoms with Crippen LogP contribution in [0.5, 0.6) is 0 Å². The summed E-state index contributed by atoms with van der Waals surface area (Å²) in [6.45, 7) is 0. The summed E-state index contributed by atoms with van der Waals surface area (Å²) in [6.07, 6.45) is -8.21. The summed E-state index contributed by atoms with van der Waals surface area (Å²) in [6, 6.07) is -1.31. The van der Waals surface area contributed by atoms with Gasteiger partial charge in [0.1, 0.15) is 11.9 Å². The fraction of sp³-hybridized carbons (Fsp3) is 0.706. The maximum Gasteiger partial charge on any atom is 0.252 e. The van der Waals surface area contributed by atoms with Gasteiger partial charge >= 0.3 is 0 Å². The van der Waals surface area contributed by atoms with Crippen LogP contribution in [0.1, 0.15) is 54.8 Å². The second-order valence-corrected chi connectivity index (χ2v) is 7.34. The van der Waals surface area contributed by atoms with Crippen molar-refractivity contribution in [3.05, 3.63) is 11.7 Å². The molecule has 0 amide bonds. The van der Waals surface area contributed by atoms with Gasteiger partial charge in [0, 0.05) is 46.1 Å². The molecule has 1 atom stereocenters. The molecule has 1 aromatic rings. The third kappa shape index (κ3) is 4.03. The topological polar surface area (TPSA) is 83.0 Å². The second kappa shape index (κ2) is 6.78. The number of aromatic nitrogens is 3. The van der Waals surface area contributed by atoms with Crippen LogP contribution < -0.4 is 10.6 Å². The van der Waals surface area contributed by atoms with E-state index in [9.17, 15) is 27.1 Å². The Morgan fingerprint density at radius 1 is 0.964 bits per heavy atom. The first-order chi connectivity index (χ1) is 14.2. The molecular weight excluding hydrogens is 385 g/mol. The molecule has 1 aromatic heterocycles. The van der Waals surface area contributed by atoms with Crippen LogP contribution in [-0.4, -0.2) is 50.1 Å². The molecule has 1 heterocycles. The molecule has 154 valence electrons. The molecule has 28 heavy (non-hydrogen) atoms. The van der Waals surface area contributed by atoms with Crippen molar-refractivity contribution < 1.29 is 31.2 Å². The number of alkyl halides is 4. The van der Waals surface area contributed by atoms with Gasteiger partial charge in [-0.3, -0.25) is 0 Å². The van der Waals surface area contributed by atoms with Crippen molar-refractivity contribution in [1.29, 1.82) is 0 Å². The molecule has 0 saturated heterocycles. The fourth-order valence-corrected chi connectivity index (χ4v) is 3.38. The molecule has 4 rings (SSSR count). The Bertz CT molecular complexity index is 869. The van der Waals surface area contributed by atoms with Gasteiger partial charge in [-0.1, -0.05) is 0 Å². The van der Waals surface area contributed by atoms with Crippen molar-refractivity contribution in [3.8, 4) is 0 Å². The van der Waals surface area contributed by atoms with E-state index in [4.69, 9.17) is 4.11 Å². The minimum Gasteiger partial charge on any atom is -0.386 e. The third-order valence-electron chi connectivity index (χ3n) is 4.89. The summed E-state index contributed by atoms with van der Waals surface area (Å²) in [5, 5.41) is 15.4. The molecule has 0 bridgehead atoms. The lowest BCUT2D eigenvalue weighted by atomic mass is 9.88. The molecule has 3 aliphatic rings. The summed E-state index contributed by atoms with van der Waals surface area (Å²) >= 11 is 0. The van der Waals surface area contributed by atoms with Gasteiger partial charge < -0.3 is 15.7 Å². The predicted molar refractivity (Wildman–Crippen MR) is 90.9 cm³/mol. The van der Waals surface area contributed by atoms with Gasteiger partial charge in [-0.15, -0.1) is 0 Å². The standard InChI is InChI=1S/C17H20F5N5O/c18-12-10(2-1-3-11(12)28)13-25-14(23-8-4-16(19,20)5-8)27-15(26-13)24-9-6-17(21,22)7-9/h8-9,11,28H,1-7H2,(H2,23,24,25,26,27)/t11-/m1/s1/i3D2,11D. The van der Waals surface area contributed by atoms with Crippen LogP contribution >= 0.6 is 0 Å². The average Bonchev–Trinajstić information content (AvgIpc) is 2.57. The molecule has 2 fully saturated rings. The van der Waals surface area contributed by atoms with E-state index in [2.05, 4.69) is 25.6 Å². The zero-order valence-electron chi connectivity index (χ0n) is 17.6. The van der Waals surface area contributed by atoms with Crippen molar-refractivity contribution in [2.24, 2.45) is 0 Å². The van der Waals surface area contributed by atoms with Gasteiger partial charge in [0.2, 0.25) is 11.9 Å². The SMILES string of the molecule is [2H]C1([2H])CCC(c2nc(NC3CC(F)(F)C3)nc(NC3CC(F)(F)C3)n2)=C(F)[C@]1([2H])O. The largest absolute Gasteiger partial charge is 0.386 e. The summed E-state index contributed by atoms with van der Waals surface area (Å²) < 4.78 is 90.3. The van der Waals surface area contributed by atoms with Crippen LogP contribution in [-0.2, 0) is 0 Å².